The van der Waals surface area contributed by atoms with E-state index in [1.54, 1.807) is 0 Å². The molecule has 0 amide bonds. The van der Waals surface area contributed by atoms with Crippen LogP contribution < -0.4 is 5.32 Å². The molecule has 108 valence electrons. The Kier molecular flexibility index (Phi) is 3.98. The van der Waals surface area contributed by atoms with Gasteiger partial charge in [-0.05, 0) is 31.0 Å². The van der Waals surface area contributed by atoms with E-state index in [2.05, 4.69) is 43.9 Å². The van der Waals surface area contributed by atoms with Crippen molar-refractivity contribution in [2.75, 3.05) is 26.2 Å². The number of nitrogens with one attached hydrogen (secondary N) is 1. The molecule has 5 heteroatoms. The van der Waals surface area contributed by atoms with Crippen molar-refractivity contribution >= 4 is 5.65 Å². The van der Waals surface area contributed by atoms with Gasteiger partial charge >= 0.3 is 0 Å². The van der Waals surface area contributed by atoms with Crippen molar-refractivity contribution in [3.05, 3.63) is 29.2 Å². The zero-order valence-electron chi connectivity index (χ0n) is 12.4. The summed E-state index contributed by atoms with van der Waals surface area (Å²) >= 11 is 0. The fourth-order valence-corrected chi connectivity index (χ4v) is 2.97. The highest BCUT2D eigenvalue weighted by Crippen LogP contribution is 2.16. The first-order valence-corrected chi connectivity index (χ1v) is 7.54. The summed E-state index contributed by atoms with van der Waals surface area (Å²) < 4.78 is 2.19. The highest BCUT2D eigenvalue weighted by atomic mass is 15.2. The molecule has 3 rings (SSSR count). The topological polar surface area (TPSA) is 45.5 Å². The van der Waals surface area contributed by atoms with Gasteiger partial charge in [-0.3, -0.25) is 9.30 Å². The number of pyridine rings is 1. The third-order valence-electron chi connectivity index (χ3n) is 3.93. The molecule has 1 N–H and O–H groups in total. The summed E-state index contributed by atoms with van der Waals surface area (Å²) in [6, 6.07) is 4.51. The minimum absolute atomic E-state index is 0.983. The predicted octanol–water partition coefficient (Wildman–Crippen LogP) is 1.40. The Balaban J connectivity index is 1.90. The van der Waals surface area contributed by atoms with E-state index in [0.717, 1.165) is 57.0 Å². The summed E-state index contributed by atoms with van der Waals surface area (Å²) in [5, 5.41) is 11.9. The summed E-state index contributed by atoms with van der Waals surface area (Å²) in [7, 11) is 0. The Morgan fingerprint density at radius 1 is 1.20 bits per heavy atom. The maximum atomic E-state index is 4.30. The predicted molar refractivity (Wildman–Crippen MR) is 79.9 cm³/mol. The van der Waals surface area contributed by atoms with E-state index in [4.69, 9.17) is 0 Å². The first kappa shape index (κ1) is 13.5. The molecule has 1 aliphatic rings. The second kappa shape index (κ2) is 5.89. The van der Waals surface area contributed by atoms with E-state index in [9.17, 15) is 0 Å². The third-order valence-corrected chi connectivity index (χ3v) is 3.93. The second-order valence-electron chi connectivity index (χ2n) is 5.57. The summed E-state index contributed by atoms with van der Waals surface area (Å²) in [5.41, 5.74) is 3.67. The van der Waals surface area contributed by atoms with E-state index in [1.807, 2.05) is 6.92 Å². The van der Waals surface area contributed by atoms with Crippen molar-refractivity contribution in [3.8, 4) is 0 Å². The number of fused-ring (bicyclic) bond motifs is 1. The lowest BCUT2D eigenvalue weighted by molar-refractivity contribution is 0.233. The van der Waals surface area contributed by atoms with Gasteiger partial charge < -0.3 is 5.32 Å². The highest BCUT2D eigenvalue weighted by Gasteiger charge is 2.13. The number of rotatable bonds is 4. The first-order chi connectivity index (χ1) is 9.78. The average Bonchev–Trinajstić information content (AvgIpc) is 2.82. The maximum Gasteiger partial charge on any atom is 0.161 e. The Bertz CT molecular complexity index is 583. The molecule has 0 radical (unpaired) electrons. The van der Waals surface area contributed by atoms with Gasteiger partial charge in [0.15, 0.2) is 5.65 Å². The molecule has 3 heterocycles. The van der Waals surface area contributed by atoms with Gasteiger partial charge in [0.1, 0.15) is 5.82 Å². The smallest absolute Gasteiger partial charge is 0.161 e. The van der Waals surface area contributed by atoms with Gasteiger partial charge in [0.25, 0.3) is 0 Å². The van der Waals surface area contributed by atoms with Crippen LogP contribution in [0.15, 0.2) is 12.1 Å². The Morgan fingerprint density at radius 3 is 2.75 bits per heavy atom. The minimum atomic E-state index is 0.983. The Labute approximate surface area is 120 Å². The third kappa shape index (κ3) is 2.69. The molecular weight excluding hydrogens is 250 g/mol. The van der Waals surface area contributed by atoms with Crippen LogP contribution in [0, 0.1) is 6.92 Å². The number of hydrogen-bond acceptors (Lipinski definition) is 4. The zero-order valence-corrected chi connectivity index (χ0v) is 12.4. The standard InChI is InChI=1S/C15H23N5/c1-3-4-14-9-13(11-19-7-5-16-6-8-19)10-15-18-17-12(2)20(14)15/h9-10,16H,3-8,11H2,1-2H3. The van der Waals surface area contributed by atoms with Crippen LogP contribution in [0.5, 0.6) is 0 Å². The summed E-state index contributed by atoms with van der Waals surface area (Å²) in [6.07, 6.45) is 2.22. The molecule has 0 saturated carbocycles. The molecule has 2 aromatic rings. The molecule has 0 bridgehead atoms. The van der Waals surface area contributed by atoms with E-state index < -0.39 is 0 Å². The van der Waals surface area contributed by atoms with Gasteiger partial charge in [-0.25, -0.2) is 0 Å². The molecule has 0 aromatic carbocycles. The number of nitrogens with zero attached hydrogens (tertiary/aromatic N) is 4. The van der Waals surface area contributed by atoms with Crippen LogP contribution in [0.4, 0.5) is 0 Å². The van der Waals surface area contributed by atoms with Crippen molar-refractivity contribution in [2.45, 2.75) is 33.2 Å². The van der Waals surface area contributed by atoms with Crippen LogP contribution in [0.3, 0.4) is 0 Å². The number of aryl methyl sites for hydroxylation is 2. The summed E-state index contributed by atoms with van der Waals surface area (Å²) in [6.45, 7) is 9.69. The van der Waals surface area contributed by atoms with Crippen LogP contribution in [0.1, 0.15) is 30.4 Å². The van der Waals surface area contributed by atoms with Gasteiger partial charge in [-0.2, -0.15) is 0 Å². The van der Waals surface area contributed by atoms with Crippen molar-refractivity contribution in [3.63, 3.8) is 0 Å². The van der Waals surface area contributed by atoms with Gasteiger partial charge in [0, 0.05) is 38.4 Å². The first-order valence-electron chi connectivity index (χ1n) is 7.54. The van der Waals surface area contributed by atoms with Crippen LogP contribution in [-0.4, -0.2) is 45.7 Å². The van der Waals surface area contributed by atoms with E-state index in [0.29, 0.717) is 0 Å². The Morgan fingerprint density at radius 2 is 2.00 bits per heavy atom. The van der Waals surface area contributed by atoms with Gasteiger partial charge in [0.05, 0.1) is 0 Å². The van der Waals surface area contributed by atoms with Crippen LogP contribution in [-0.2, 0) is 13.0 Å². The average molecular weight is 273 g/mol. The van der Waals surface area contributed by atoms with Crippen molar-refractivity contribution in [1.29, 1.82) is 0 Å². The number of aromatic nitrogens is 3. The second-order valence-corrected chi connectivity index (χ2v) is 5.57. The highest BCUT2D eigenvalue weighted by molar-refractivity contribution is 5.44. The lowest BCUT2D eigenvalue weighted by atomic mass is 10.1. The molecule has 0 spiro atoms. The molecule has 0 unspecified atom stereocenters. The van der Waals surface area contributed by atoms with Crippen molar-refractivity contribution in [2.24, 2.45) is 0 Å². The lowest BCUT2D eigenvalue weighted by Crippen LogP contribution is -2.42. The van der Waals surface area contributed by atoms with Gasteiger partial charge in [-0.1, -0.05) is 13.3 Å². The molecule has 5 nitrogen and oxygen atoms in total. The molecule has 0 aliphatic carbocycles. The summed E-state index contributed by atoms with van der Waals surface area (Å²) in [4.78, 5) is 2.50. The van der Waals surface area contributed by atoms with Crippen LogP contribution in [0.25, 0.3) is 5.65 Å². The minimum Gasteiger partial charge on any atom is -0.314 e. The number of piperazine rings is 1. The fraction of sp³-hybridized carbons (Fsp3) is 0.600. The van der Waals surface area contributed by atoms with Crippen molar-refractivity contribution in [1.82, 2.24) is 24.8 Å². The number of hydrogen-bond donors (Lipinski definition) is 1. The SMILES string of the molecule is CCCc1cc(CN2CCNCC2)cc2nnc(C)n12. The molecule has 20 heavy (non-hydrogen) atoms. The normalized spacial score (nSPS) is 16.9. The molecule has 2 aromatic heterocycles. The molecule has 0 atom stereocenters. The Hall–Kier alpha value is -1.46. The molecule has 1 fully saturated rings. The van der Waals surface area contributed by atoms with E-state index >= 15 is 0 Å². The van der Waals surface area contributed by atoms with Crippen LogP contribution in [0.2, 0.25) is 0 Å². The molecule has 1 saturated heterocycles. The lowest BCUT2D eigenvalue weighted by Gasteiger charge is -2.27. The van der Waals surface area contributed by atoms with Gasteiger partial charge in [-0.15, -0.1) is 10.2 Å². The maximum absolute atomic E-state index is 4.30. The largest absolute Gasteiger partial charge is 0.314 e. The monoisotopic (exact) mass is 273 g/mol. The van der Waals surface area contributed by atoms with Crippen molar-refractivity contribution < 1.29 is 0 Å². The fourth-order valence-electron chi connectivity index (χ4n) is 2.97. The summed E-state index contributed by atoms with van der Waals surface area (Å²) in [5.74, 6) is 0.983. The van der Waals surface area contributed by atoms with Crippen LogP contribution >= 0.6 is 0 Å². The quantitative estimate of drug-likeness (QED) is 0.914. The van der Waals surface area contributed by atoms with Gasteiger partial charge in [0.2, 0.25) is 0 Å². The molecule has 1 aliphatic heterocycles. The zero-order chi connectivity index (χ0) is 13.9. The van der Waals surface area contributed by atoms with E-state index in [-0.39, 0.29) is 0 Å². The molecular formula is C15H23N5. The van der Waals surface area contributed by atoms with E-state index in [1.165, 1.54) is 11.3 Å².